The normalized spacial score (nSPS) is 18.7. The molecule has 1 heterocycles. The standard InChI is InChI=1S/C18H27N3O/c1-3-10-19-18(22)20-12-16-6-8-17(9-7-16)14-21-11-4-5-15(2)13-21/h3,6-9,15H,1,4-5,10-14H2,2H3,(H2,19,20,22)/t15-/m0/s1. The van der Waals surface area contributed by atoms with Gasteiger partial charge < -0.3 is 10.6 Å². The summed E-state index contributed by atoms with van der Waals surface area (Å²) in [6, 6.07) is 8.36. The molecule has 0 aromatic heterocycles. The molecule has 1 aliphatic heterocycles. The molecule has 1 aromatic rings. The molecule has 0 radical (unpaired) electrons. The molecule has 2 rings (SSSR count). The van der Waals surface area contributed by atoms with Crippen LogP contribution in [0.25, 0.3) is 0 Å². The average molecular weight is 301 g/mol. The van der Waals surface area contributed by atoms with E-state index in [-0.39, 0.29) is 6.03 Å². The lowest BCUT2D eigenvalue weighted by atomic mass is 9.99. The molecule has 1 atom stereocenters. The van der Waals surface area contributed by atoms with Crippen LogP contribution in [0.2, 0.25) is 0 Å². The largest absolute Gasteiger partial charge is 0.335 e. The molecule has 22 heavy (non-hydrogen) atoms. The number of hydrogen-bond donors (Lipinski definition) is 2. The molecule has 0 spiro atoms. The monoisotopic (exact) mass is 301 g/mol. The van der Waals surface area contributed by atoms with Gasteiger partial charge in [-0.3, -0.25) is 4.90 Å². The van der Waals surface area contributed by atoms with E-state index in [1.165, 1.54) is 31.5 Å². The molecule has 0 saturated carbocycles. The first kappa shape index (κ1) is 16.6. The number of urea groups is 1. The first-order chi connectivity index (χ1) is 10.7. The highest BCUT2D eigenvalue weighted by molar-refractivity contribution is 5.73. The summed E-state index contributed by atoms with van der Waals surface area (Å²) >= 11 is 0. The Morgan fingerprint density at radius 2 is 2.05 bits per heavy atom. The Labute approximate surface area is 133 Å². The van der Waals surface area contributed by atoms with Crippen molar-refractivity contribution in [2.24, 2.45) is 5.92 Å². The lowest BCUT2D eigenvalue weighted by molar-refractivity contribution is 0.176. The van der Waals surface area contributed by atoms with Crippen molar-refractivity contribution >= 4 is 6.03 Å². The summed E-state index contributed by atoms with van der Waals surface area (Å²) in [7, 11) is 0. The molecule has 2 amide bonds. The van der Waals surface area contributed by atoms with Gasteiger partial charge in [-0.05, 0) is 36.4 Å². The number of nitrogens with zero attached hydrogens (tertiary/aromatic N) is 1. The maximum atomic E-state index is 11.5. The molecule has 120 valence electrons. The van der Waals surface area contributed by atoms with Crippen molar-refractivity contribution in [3.63, 3.8) is 0 Å². The lowest BCUT2D eigenvalue weighted by Crippen LogP contribution is -2.35. The number of nitrogens with one attached hydrogen (secondary N) is 2. The molecule has 1 aliphatic rings. The van der Waals surface area contributed by atoms with Crippen molar-refractivity contribution < 1.29 is 4.79 Å². The summed E-state index contributed by atoms with van der Waals surface area (Å²) in [5, 5.41) is 5.53. The van der Waals surface area contributed by atoms with E-state index in [1.54, 1.807) is 6.08 Å². The van der Waals surface area contributed by atoms with Crippen molar-refractivity contribution in [2.75, 3.05) is 19.6 Å². The summed E-state index contributed by atoms with van der Waals surface area (Å²) in [5.41, 5.74) is 2.46. The number of carbonyl (C=O) groups excluding carboxylic acids is 1. The maximum absolute atomic E-state index is 11.5. The molecule has 0 bridgehead atoms. The average Bonchev–Trinajstić information content (AvgIpc) is 2.52. The highest BCUT2D eigenvalue weighted by atomic mass is 16.2. The van der Waals surface area contributed by atoms with Gasteiger partial charge in [0.25, 0.3) is 0 Å². The van der Waals surface area contributed by atoms with E-state index in [0.29, 0.717) is 13.1 Å². The van der Waals surface area contributed by atoms with Crippen molar-refractivity contribution in [1.82, 2.24) is 15.5 Å². The van der Waals surface area contributed by atoms with Crippen molar-refractivity contribution in [1.29, 1.82) is 0 Å². The van der Waals surface area contributed by atoms with Gasteiger partial charge in [0.05, 0.1) is 0 Å². The molecular weight excluding hydrogens is 274 g/mol. The second kappa shape index (κ2) is 8.59. The van der Waals surface area contributed by atoms with Crippen molar-refractivity contribution in [2.45, 2.75) is 32.9 Å². The van der Waals surface area contributed by atoms with E-state index in [2.05, 4.69) is 53.3 Å². The first-order valence-electron chi connectivity index (χ1n) is 8.10. The fourth-order valence-corrected chi connectivity index (χ4v) is 2.86. The fourth-order valence-electron chi connectivity index (χ4n) is 2.86. The van der Waals surface area contributed by atoms with Crippen LogP contribution in [0.5, 0.6) is 0 Å². The van der Waals surface area contributed by atoms with Crippen LogP contribution in [-0.2, 0) is 13.1 Å². The zero-order chi connectivity index (χ0) is 15.8. The second-order valence-corrected chi connectivity index (χ2v) is 6.15. The van der Waals surface area contributed by atoms with E-state index in [0.717, 1.165) is 18.0 Å². The van der Waals surface area contributed by atoms with Gasteiger partial charge in [-0.1, -0.05) is 37.3 Å². The Morgan fingerprint density at radius 1 is 1.32 bits per heavy atom. The zero-order valence-electron chi connectivity index (χ0n) is 13.5. The molecule has 0 unspecified atom stereocenters. The van der Waals surface area contributed by atoms with Crippen molar-refractivity contribution in [3.05, 3.63) is 48.0 Å². The lowest BCUT2D eigenvalue weighted by Gasteiger charge is -2.30. The Hall–Kier alpha value is -1.81. The minimum Gasteiger partial charge on any atom is -0.335 e. The summed E-state index contributed by atoms with van der Waals surface area (Å²) in [6.45, 7) is 10.4. The third-order valence-corrected chi connectivity index (χ3v) is 4.03. The van der Waals surface area contributed by atoms with E-state index in [9.17, 15) is 4.79 Å². The number of carbonyl (C=O) groups is 1. The van der Waals surface area contributed by atoms with Crippen LogP contribution in [-0.4, -0.2) is 30.6 Å². The van der Waals surface area contributed by atoms with Gasteiger partial charge in [0, 0.05) is 26.2 Å². The zero-order valence-corrected chi connectivity index (χ0v) is 13.5. The van der Waals surface area contributed by atoms with E-state index in [1.807, 2.05) is 0 Å². The van der Waals surface area contributed by atoms with Gasteiger partial charge in [0.1, 0.15) is 0 Å². The predicted octanol–water partition coefficient (Wildman–Crippen LogP) is 2.90. The number of benzene rings is 1. The van der Waals surface area contributed by atoms with Gasteiger partial charge in [-0.25, -0.2) is 4.79 Å². The van der Waals surface area contributed by atoms with Crippen LogP contribution in [0.15, 0.2) is 36.9 Å². The van der Waals surface area contributed by atoms with Crippen LogP contribution in [0.3, 0.4) is 0 Å². The number of rotatable bonds is 6. The molecule has 2 N–H and O–H groups in total. The van der Waals surface area contributed by atoms with Gasteiger partial charge in [-0.15, -0.1) is 6.58 Å². The van der Waals surface area contributed by atoms with Gasteiger partial charge >= 0.3 is 6.03 Å². The molecule has 1 saturated heterocycles. The number of likely N-dealkylation sites (tertiary alicyclic amines) is 1. The Bertz CT molecular complexity index is 484. The molecule has 4 heteroatoms. The smallest absolute Gasteiger partial charge is 0.315 e. The van der Waals surface area contributed by atoms with Crippen molar-refractivity contribution in [3.8, 4) is 0 Å². The van der Waals surface area contributed by atoms with E-state index >= 15 is 0 Å². The van der Waals surface area contributed by atoms with Gasteiger partial charge in [0.15, 0.2) is 0 Å². The number of amides is 2. The van der Waals surface area contributed by atoms with Crippen LogP contribution in [0, 0.1) is 5.92 Å². The van der Waals surface area contributed by atoms with Crippen LogP contribution in [0.4, 0.5) is 4.79 Å². The molecular formula is C18H27N3O. The SMILES string of the molecule is C=CCNC(=O)NCc1ccc(CN2CCC[C@H](C)C2)cc1. The van der Waals surface area contributed by atoms with Crippen LogP contribution >= 0.6 is 0 Å². The van der Waals surface area contributed by atoms with E-state index in [4.69, 9.17) is 0 Å². The Morgan fingerprint density at radius 3 is 2.73 bits per heavy atom. The molecule has 0 aliphatic carbocycles. The van der Waals surface area contributed by atoms with E-state index < -0.39 is 0 Å². The third-order valence-electron chi connectivity index (χ3n) is 4.03. The van der Waals surface area contributed by atoms with Crippen LogP contribution in [0.1, 0.15) is 30.9 Å². The molecule has 4 nitrogen and oxygen atoms in total. The minimum atomic E-state index is -0.161. The molecule has 1 aromatic carbocycles. The summed E-state index contributed by atoms with van der Waals surface area (Å²) < 4.78 is 0. The first-order valence-corrected chi connectivity index (χ1v) is 8.10. The van der Waals surface area contributed by atoms with Gasteiger partial charge in [-0.2, -0.15) is 0 Å². The fraction of sp³-hybridized carbons (Fsp3) is 0.500. The summed E-state index contributed by atoms with van der Waals surface area (Å²) in [6.07, 6.45) is 4.33. The second-order valence-electron chi connectivity index (χ2n) is 6.15. The molecule has 1 fully saturated rings. The maximum Gasteiger partial charge on any atom is 0.315 e. The van der Waals surface area contributed by atoms with Gasteiger partial charge in [0.2, 0.25) is 0 Å². The predicted molar refractivity (Wildman–Crippen MR) is 90.6 cm³/mol. The summed E-state index contributed by atoms with van der Waals surface area (Å²) in [4.78, 5) is 14.0. The number of piperidine rings is 1. The highest BCUT2D eigenvalue weighted by Gasteiger charge is 2.15. The number of hydrogen-bond acceptors (Lipinski definition) is 2. The minimum absolute atomic E-state index is 0.161. The van der Waals surface area contributed by atoms with Crippen LogP contribution < -0.4 is 10.6 Å². The third kappa shape index (κ3) is 5.53. The Balaban J connectivity index is 1.77. The topological polar surface area (TPSA) is 44.4 Å². The summed E-state index contributed by atoms with van der Waals surface area (Å²) in [5.74, 6) is 0.811. The quantitative estimate of drug-likeness (QED) is 0.794. The highest BCUT2D eigenvalue weighted by Crippen LogP contribution is 2.18. The Kier molecular flexibility index (Phi) is 6.46.